The third kappa shape index (κ3) is 16.0. The molecule has 23 heteroatoms. The Labute approximate surface area is 542 Å². The number of rotatable bonds is 20. The zero-order valence-electron chi connectivity index (χ0n) is 55.3. The molecular weight excluding hydrogens is 1210 g/mol. The SMILES string of the molecule is CC[C@H]1OC(=O)[C@H](C)[C@@H](O[C@H]2C[C@@](C)(OC)[C@@H](OC(C)=O)[C@H](C)O2)[C@H](C)[C@@H](O[C@@H]2O[C@H](C)C[C@@H](N3CCOCC3)[C@@H]2N(C)C)[C@](C)(OC)C[C@@H](C)C(=O)[C@H](C)[C@H]2C(SCCN(Cc3c(Cl)cncc3Cl)c3ccc(OC)c(OC4CCCC4)c3)C(=O)O[C@@]21C. The van der Waals surface area contributed by atoms with Gasteiger partial charge < -0.3 is 66.6 Å². The highest BCUT2D eigenvalue weighted by atomic mass is 35.5. The fraction of sp³-hybridized carbons (Fsp3) is 0.773. The summed E-state index contributed by atoms with van der Waals surface area (Å²) in [5.74, 6) is -4.13. The molecule has 6 aliphatic rings. The van der Waals surface area contributed by atoms with Crippen molar-refractivity contribution in [3.05, 3.63) is 46.2 Å². The van der Waals surface area contributed by atoms with Crippen molar-refractivity contribution in [3.63, 3.8) is 0 Å². The van der Waals surface area contributed by atoms with Crippen LogP contribution in [-0.2, 0) is 73.1 Å². The van der Waals surface area contributed by atoms with Crippen LogP contribution < -0.4 is 14.4 Å². The van der Waals surface area contributed by atoms with Gasteiger partial charge >= 0.3 is 17.9 Å². The number of hydrogen-bond acceptors (Lipinski definition) is 21. The number of carbonyl (C=O) groups excluding carboxylic acids is 4. The minimum atomic E-state index is -1.47. The Morgan fingerprint density at radius 1 is 0.854 bits per heavy atom. The van der Waals surface area contributed by atoms with E-state index >= 15 is 9.59 Å². The Bertz CT molecular complexity index is 2710. The number of benzene rings is 1. The maximum absolute atomic E-state index is 15.8. The molecule has 0 radical (unpaired) electrons. The molecule has 1 aromatic heterocycles. The molecule has 500 valence electrons. The van der Waals surface area contributed by atoms with Crippen molar-refractivity contribution < 1.29 is 76.0 Å². The summed E-state index contributed by atoms with van der Waals surface area (Å²) in [6.45, 7) is 23.6. The summed E-state index contributed by atoms with van der Waals surface area (Å²) in [6.07, 6.45) is 2.11. The number of halogens is 2. The molecule has 0 N–H and O–H groups in total. The van der Waals surface area contributed by atoms with Crippen LogP contribution in [0.2, 0.25) is 10.0 Å². The second-order valence-corrected chi connectivity index (χ2v) is 28.5. The number of esters is 3. The summed E-state index contributed by atoms with van der Waals surface area (Å²) in [4.78, 5) is 69.6. The van der Waals surface area contributed by atoms with Crippen LogP contribution in [0.25, 0.3) is 0 Å². The number of cyclic esters (lactones) is 1. The van der Waals surface area contributed by atoms with Gasteiger partial charge in [-0.1, -0.05) is 50.9 Å². The van der Waals surface area contributed by atoms with Crippen molar-refractivity contribution in [2.24, 2.45) is 29.6 Å². The van der Waals surface area contributed by atoms with Crippen LogP contribution in [0, 0.1) is 29.6 Å². The molecule has 8 rings (SSSR count). The quantitative estimate of drug-likeness (QED) is 0.0894. The van der Waals surface area contributed by atoms with Crippen LogP contribution in [-0.4, -0.2) is 202 Å². The van der Waals surface area contributed by atoms with E-state index in [-0.39, 0.29) is 49.3 Å². The van der Waals surface area contributed by atoms with Crippen LogP contribution >= 0.6 is 35.0 Å². The molecular formula is C66H100Cl2N4O16S. The maximum atomic E-state index is 15.8. The van der Waals surface area contributed by atoms with Gasteiger partial charge in [0.25, 0.3) is 0 Å². The lowest BCUT2D eigenvalue weighted by atomic mass is 9.70. The summed E-state index contributed by atoms with van der Waals surface area (Å²) in [7, 11) is 8.84. The van der Waals surface area contributed by atoms with E-state index in [1.54, 1.807) is 54.5 Å². The summed E-state index contributed by atoms with van der Waals surface area (Å²) in [6, 6.07) is 5.58. The molecule has 1 aliphatic carbocycles. The third-order valence-electron chi connectivity index (χ3n) is 20.0. The zero-order valence-corrected chi connectivity index (χ0v) is 57.6. The second kappa shape index (κ2) is 30.7. The number of thioether (sulfide) groups is 1. The standard InChI is InChI=1S/C66H100Cl2N4O16S/c1-17-52-66(11)54(58(62(76)88-66)89-29-26-72(36-46-47(67)34-69-35-48(46)68)44-22-23-50(77-14)51(31-44)84-45-20-18-19-21-45)39(4)56(74)37(2)32-64(9,78-15)59(87-63-55(70(12)13)49(30-38(3)81-63)71-24-27-80-28-25-71)40(5)57(41(6)61(75)85-52)86-53-33-65(10,79-16)60(42(7)82-53)83-43(8)73/h22-23,31,34-35,37-42,45,49,52-55,57-60,63H,17-21,24-30,32-33,36H2,1-16H3/t37-,38-,39-,40+,41-,42+,49-,52-,53+,54+,55+,57+,58?,59-,60+,63+,64-,65-,66-/m1/s1. The Kier molecular flexibility index (Phi) is 24.6. The number of nitrogens with zero attached hydrogens (tertiary/aromatic N) is 4. The minimum absolute atomic E-state index is 0.0293. The lowest BCUT2D eigenvalue weighted by Crippen LogP contribution is -2.65. The molecule has 2 aromatic rings. The molecule has 0 bridgehead atoms. The fourth-order valence-electron chi connectivity index (χ4n) is 15.1. The molecule has 5 saturated heterocycles. The van der Waals surface area contributed by atoms with Crippen LogP contribution in [0.4, 0.5) is 5.69 Å². The molecule has 6 heterocycles. The number of carbonyl (C=O) groups is 4. The van der Waals surface area contributed by atoms with E-state index in [4.69, 9.17) is 80.0 Å². The monoisotopic (exact) mass is 1310 g/mol. The second-order valence-electron chi connectivity index (χ2n) is 26.5. The van der Waals surface area contributed by atoms with Crippen LogP contribution in [0.3, 0.4) is 0 Å². The van der Waals surface area contributed by atoms with Crippen molar-refractivity contribution in [1.29, 1.82) is 0 Å². The average molecular weight is 1310 g/mol. The van der Waals surface area contributed by atoms with Crippen molar-refractivity contribution >= 4 is 64.3 Å². The number of hydrogen-bond donors (Lipinski definition) is 0. The number of methoxy groups -OCH3 is 3. The first-order valence-electron chi connectivity index (χ1n) is 32.0. The van der Waals surface area contributed by atoms with E-state index in [1.807, 2.05) is 73.8 Å². The van der Waals surface area contributed by atoms with Crippen molar-refractivity contribution in [2.45, 2.75) is 224 Å². The van der Waals surface area contributed by atoms with Gasteiger partial charge in [-0.15, -0.1) is 11.8 Å². The predicted octanol–water partition coefficient (Wildman–Crippen LogP) is 10.0. The first kappa shape index (κ1) is 71.3. The van der Waals surface area contributed by atoms with Gasteiger partial charge in [0.05, 0.1) is 78.4 Å². The smallest absolute Gasteiger partial charge is 0.320 e. The maximum Gasteiger partial charge on any atom is 0.320 e. The first-order chi connectivity index (χ1) is 42.2. The van der Waals surface area contributed by atoms with Gasteiger partial charge in [-0.05, 0) is 113 Å². The molecule has 1 aromatic carbocycles. The summed E-state index contributed by atoms with van der Waals surface area (Å²) in [5, 5.41) is -0.0696. The molecule has 20 nitrogen and oxygen atoms in total. The Hall–Kier alpha value is -3.58. The van der Waals surface area contributed by atoms with Crippen molar-refractivity contribution in [1.82, 2.24) is 14.8 Å². The van der Waals surface area contributed by atoms with Gasteiger partial charge in [-0.25, -0.2) is 0 Å². The van der Waals surface area contributed by atoms with E-state index in [0.717, 1.165) is 50.9 Å². The van der Waals surface area contributed by atoms with E-state index in [9.17, 15) is 9.59 Å². The third-order valence-corrected chi connectivity index (χ3v) is 21.9. The highest BCUT2D eigenvalue weighted by Gasteiger charge is 2.62. The highest BCUT2D eigenvalue weighted by Crippen LogP contribution is 2.50. The van der Waals surface area contributed by atoms with Crippen molar-refractivity contribution in [2.75, 3.05) is 78.9 Å². The van der Waals surface area contributed by atoms with Gasteiger partial charge in [-0.3, -0.25) is 29.1 Å². The number of morpholine rings is 1. The lowest BCUT2D eigenvalue weighted by Gasteiger charge is -2.52. The lowest BCUT2D eigenvalue weighted by molar-refractivity contribution is -0.315. The Morgan fingerprint density at radius 3 is 2.13 bits per heavy atom. The number of aromatic nitrogens is 1. The topological polar surface area (TPSA) is 202 Å². The summed E-state index contributed by atoms with van der Waals surface area (Å²) in [5.41, 5.74) is -2.32. The molecule has 1 unspecified atom stereocenters. The van der Waals surface area contributed by atoms with Gasteiger partial charge in [0.1, 0.15) is 22.7 Å². The van der Waals surface area contributed by atoms with E-state index in [1.165, 1.54) is 18.7 Å². The largest absolute Gasteiger partial charge is 0.493 e. The molecule has 19 atom stereocenters. The normalized spacial score (nSPS) is 37.1. The fourth-order valence-corrected chi connectivity index (χ4v) is 17.1. The number of Topliss-reactive ketones (excluding diaryl/α,β-unsaturated/α-hetero) is 1. The first-order valence-corrected chi connectivity index (χ1v) is 33.8. The average Bonchev–Trinajstić information content (AvgIpc) is 1.83. The van der Waals surface area contributed by atoms with Crippen LogP contribution in [0.1, 0.15) is 133 Å². The van der Waals surface area contributed by atoms with Gasteiger partial charge in [0, 0.05) is 119 Å². The highest BCUT2D eigenvalue weighted by molar-refractivity contribution is 8.00. The van der Waals surface area contributed by atoms with Gasteiger partial charge in [0.2, 0.25) is 0 Å². The Morgan fingerprint density at radius 2 is 1.52 bits per heavy atom. The van der Waals surface area contributed by atoms with E-state index in [2.05, 4.69) is 26.6 Å². The van der Waals surface area contributed by atoms with Gasteiger partial charge in [-0.2, -0.15) is 0 Å². The number of fused-ring (bicyclic) bond motifs is 1. The van der Waals surface area contributed by atoms with E-state index < -0.39 is 113 Å². The molecule has 0 spiro atoms. The van der Waals surface area contributed by atoms with Gasteiger partial charge in [0.15, 0.2) is 35.8 Å². The number of anilines is 1. The van der Waals surface area contributed by atoms with Crippen molar-refractivity contribution in [3.8, 4) is 11.5 Å². The number of ketones is 1. The molecule has 1 saturated carbocycles. The summed E-state index contributed by atoms with van der Waals surface area (Å²) < 4.78 is 78.4. The van der Waals surface area contributed by atoms with E-state index in [0.29, 0.717) is 59.2 Å². The number of pyridine rings is 1. The predicted molar refractivity (Wildman–Crippen MR) is 340 cm³/mol. The van der Waals surface area contributed by atoms with Crippen LogP contribution in [0.15, 0.2) is 30.6 Å². The molecule has 5 aliphatic heterocycles. The molecule has 89 heavy (non-hydrogen) atoms. The molecule has 6 fully saturated rings. The number of likely N-dealkylation sites (N-methyl/N-ethyl adjacent to an activating group) is 1. The minimum Gasteiger partial charge on any atom is -0.493 e. The van der Waals surface area contributed by atoms with Crippen LogP contribution in [0.5, 0.6) is 11.5 Å². The number of ether oxygens (including phenoxy) is 12. The summed E-state index contributed by atoms with van der Waals surface area (Å²) >= 11 is 15.0. The Balaban J connectivity index is 1.17. The molecule has 0 amide bonds. The zero-order chi connectivity index (χ0) is 64.9.